The van der Waals surface area contributed by atoms with Crippen LogP contribution in [0.15, 0.2) is 48.5 Å². The molecule has 7 nitrogen and oxygen atoms in total. The van der Waals surface area contributed by atoms with Crippen LogP contribution in [0.3, 0.4) is 0 Å². The summed E-state index contributed by atoms with van der Waals surface area (Å²) in [5.41, 5.74) is 6.51. The van der Waals surface area contributed by atoms with Gasteiger partial charge in [-0.05, 0) is 42.5 Å². The largest absolute Gasteiger partial charge is 0.484 e. The number of hydrogen-bond donors (Lipinski definition) is 2. The summed E-state index contributed by atoms with van der Waals surface area (Å²) in [5.74, 6) is -0.924. The number of anilines is 2. The smallest absolute Gasteiger partial charge is 0.262 e. The summed E-state index contributed by atoms with van der Waals surface area (Å²) in [7, 11) is 0. The lowest BCUT2D eigenvalue weighted by Gasteiger charge is -2.16. The molecule has 0 aliphatic carbocycles. The average molecular weight is 388 g/mol. The second-order valence-corrected chi connectivity index (χ2v) is 6.59. The van der Waals surface area contributed by atoms with Gasteiger partial charge in [0.05, 0.1) is 5.92 Å². The molecule has 1 saturated heterocycles. The Morgan fingerprint density at radius 3 is 2.59 bits per heavy atom. The van der Waals surface area contributed by atoms with E-state index >= 15 is 0 Å². The quantitative estimate of drug-likeness (QED) is 0.793. The maximum atomic E-state index is 12.0. The molecule has 0 unspecified atom stereocenters. The summed E-state index contributed by atoms with van der Waals surface area (Å²) in [4.78, 5) is 36.7. The highest BCUT2D eigenvalue weighted by Crippen LogP contribution is 2.26. The van der Waals surface area contributed by atoms with E-state index in [0.717, 1.165) is 0 Å². The van der Waals surface area contributed by atoms with Crippen LogP contribution in [0, 0.1) is 5.92 Å². The lowest BCUT2D eigenvalue weighted by molar-refractivity contribution is -0.123. The van der Waals surface area contributed by atoms with Crippen LogP contribution < -0.4 is 20.7 Å². The zero-order chi connectivity index (χ0) is 19.4. The van der Waals surface area contributed by atoms with Gasteiger partial charge in [0, 0.05) is 29.4 Å². The highest BCUT2D eigenvalue weighted by atomic mass is 35.5. The number of carbonyl (C=O) groups excluding carboxylic acids is 3. The van der Waals surface area contributed by atoms with E-state index in [1.807, 2.05) is 0 Å². The fourth-order valence-electron chi connectivity index (χ4n) is 2.78. The molecule has 8 heteroatoms. The molecule has 3 amide bonds. The van der Waals surface area contributed by atoms with E-state index in [9.17, 15) is 14.4 Å². The molecule has 1 aliphatic rings. The van der Waals surface area contributed by atoms with Crippen molar-refractivity contribution >= 4 is 40.7 Å². The number of nitrogens with zero attached hydrogens (tertiary/aromatic N) is 1. The number of carbonyl (C=O) groups is 3. The highest BCUT2D eigenvalue weighted by Gasteiger charge is 2.33. The second kappa shape index (κ2) is 8.09. The molecule has 0 spiro atoms. The van der Waals surface area contributed by atoms with Crippen molar-refractivity contribution in [1.29, 1.82) is 0 Å². The van der Waals surface area contributed by atoms with Crippen LogP contribution in [-0.2, 0) is 14.4 Å². The van der Waals surface area contributed by atoms with Crippen molar-refractivity contribution in [3.63, 3.8) is 0 Å². The lowest BCUT2D eigenvalue weighted by Crippen LogP contribution is -2.28. The first kappa shape index (κ1) is 18.7. The van der Waals surface area contributed by atoms with Crippen LogP contribution in [0.1, 0.15) is 6.42 Å². The second-order valence-electron chi connectivity index (χ2n) is 6.15. The Morgan fingerprint density at radius 1 is 1.22 bits per heavy atom. The topological polar surface area (TPSA) is 102 Å². The summed E-state index contributed by atoms with van der Waals surface area (Å²) >= 11 is 5.87. The zero-order valence-corrected chi connectivity index (χ0v) is 15.1. The molecule has 1 heterocycles. The fraction of sp³-hybridized carbons (Fsp3) is 0.211. The third-order valence-corrected chi connectivity index (χ3v) is 4.39. The van der Waals surface area contributed by atoms with Crippen molar-refractivity contribution in [3.8, 4) is 5.75 Å². The number of benzene rings is 2. The van der Waals surface area contributed by atoms with Gasteiger partial charge in [0.15, 0.2) is 6.61 Å². The van der Waals surface area contributed by atoms with Crippen LogP contribution >= 0.6 is 11.6 Å². The molecule has 2 aromatic carbocycles. The molecule has 0 bridgehead atoms. The van der Waals surface area contributed by atoms with Crippen LogP contribution in [0.5, 0.6) is 5.75 Å². The molecule has 27 heavy (non-hydrogen) atoms. The van der Waals surface area contributed by atoms with Gasteiger partial charge >= 0.3 is 0 Å². The number of halogens is 1. The van der Waals surface area contributed by atoms with Crippen LogP contribution in [-0.4, -0.2) is 30.9 Å². The molecular formula is C19H18ClN3O4. The van der Waals surface area contributed by atoms with Crippen molar-refractivity contribution in [3.05, 3.63) is 53.6 Å². The Hall–Kier alpha value is -3.06. The fourth-order valence-corrected chi connectivity index (χ4v) is 2.97. The van der Waals surface area contributed by atoms with E-state index in [1.165, 1.54) is 4.90 Å². The number of nitrogens with one attached hydrogen (secondary N) is 1. The van der Waals surface area contributed by atoms with E-state index in [2.05, 4.69) is 5.32 Å². The van der Waals surface area contributed by atoms with Crippen molar-refractivity contribution < 1.29 is 19.1 Å². The maximum Gasteiger partial charge on any atom is 0.262 e. The molecule has 0 aromatic heterocycles. The summed E-state index contributed by atoms with van der Waals surface area (Å²) in [6.45, 7) is 0.106. The van der Waals surface area contributed by atoms with E-state index in [0.29, 0.717) is 22.1 Å². The molecule has 3 N–H and O–H groups in total. The monoisotopic (exact) mass is 387 g/mol. The van der Waals surface area contributed by atoms with Gasteiger partial charge in [0.1, 0.15) is 5.75 Å². The van der Waals surface area contributed by atoms with E-state index in [-0.39, 0.29) is 31.4 Å². The molecule has 140 valence electrons. The van der Waals surface area contributed by atoms with Gasteiger partial charge in [0.2, 0.25) is 11.8 Å². The van der Waals surface area contributed by atoms with E-state index in [4.69, 9.17) is 22.1 Å². The minimum Gasteiger partial charge on any atom is -0.484 e. The number of nitrogens with two attached hydrogens (primary N) is 1. The molecule has 1 aliphatic heterocycles. The van der Waals surface area contributed by atoms with Crippen LogP contribution in [0.25, 0.3) is 0 Å². The first-order chi connectivity index (χ1) is 12.9. The molecule has 3 rings (SSSR count). The first-order valence-electron chi connectivity index (χ1n) is 8.30. The van der Waals surface area contributed by atoms with Gasteiger partial charge in [-0.1, -0.05) is 17.7 Å². The molecule has 2 aromatic rings. The number of rotatable bonds is 6. The van der Waals surface area contributed by atoms with Gasteiger partial charge in [0.25, 0.3) is 5.91 Å². The first-order valence-corrected chi connectivity index (χ1v) is 8.68. The Labute approximate surface area is 161 Å². The Bertz CT molecular complexity index is 870. The lowest BCUT2D eigenvalue weighted by atomic mass is 10.1. The normalized spacial score (nSPS) is 16.3. The summed E-state index contributed by atoms with van der Waals surface area (Å²) in [5, 5.41) is 3.21. The zero-order valence-electron chi connectivity index (χ0n) is 14.4. The number of amides is 3. The maximum absolute atomic E-state index is 12.0. The summed E-state index contributed by atoms with van der Waals surface area (Å²) in [6.07, 6.45) is 0.122. The van der Waals surface area contributed by atoms with Crippen LogP contribution in [0.2, 0.25) is 5.02 Å². The molecule has 1 fully saturated rings. The Balaban J connectivity index is 1.54. The molecule has 0 radical (unpaired) electrons. The van der Waals surface area contributed by atoms with Crippen molar-refractivity contribution in [2.45, 2.75) is 6.42 Å². The number of primary amides is 1. The van der Waals surface area contributed by atoms with Gasteiger partial charge in [-0.2, -0.15) is 0 Å². The predicted molar refractivity (Wildman–Crippen MR) is 102 cm³/mol. The third kappa shape index (κ3) is 4.77. The standard InChI is InChI=1S/C19H18ClN3O4/c20-13-2-1-3-14(9-13)22-17(24)11-27-16-6-4-15(5-7-16)23-10-12(19(21)26)8-18(23)25/h1-7,9,12H,8,10-11H2,(H2,21,26)(H,22,24)/t12-/m1/s1. The molecule has 0 saturated carbocycles. The summed E-state index contributed by atoms with van der Waals surface area (Å²) in [6, 6.07) is 13.5. The van der Waals surface area contributed by atoms with Crippen molar-refractivity contribution in [2.75, 3.05) is 23.4 Å². The van der Waals surface area contributed by atoms with Gasteiger partial charge < -0.3 is 20.7 Å². The number of ether oxygens (including phenoxy) is 1. The van der Waals surface area contributed by atoms with Crippen LogP contribution in [0.4, 0.5) is 11.4 Å². The SMILES string of the molecule is NC(=O)[C@@H]1CC(=O)N(c2ccc(OCC(=O)Nc3cccc(Cl)c3)cc2)C1. The van der Waals surface area contributed by atoms with Crippen molar-refractivity contribution in [1.82, 2.24) is 0 Å². The predicted octanol–water partition coefficient (Wildman–Crippen LogP) is 2.20. The molecule has 1 atom stereocenters. The minimum atomic E-state index is -0.475. The van der Waals surface area contributed by atoms with Gasteiger partial charge in [-0.15, -0.1) is 0 Å². The molecular weight excluding hydrogens is 370 g/mol. The third-order valence-electron chi connectivity index (χ3n) is 4.15. The number of hydrogen-bond acceptors (Lipinski definition) is 4. The van der Waals surface area contributed by atoms with Crippen molar-refractivity contribution in [2.24, 2.45) is 11.7 Å². The average Bonchev–Trinajstić information content (AvgIpc) is 3.02. The summed E-state index contributed by atoms with van der Waals surface area (Å²) < 4.78 is 5.45. The van der Waals surface area contributed by atoms with Gasteiger partial charge in [-0.3, -0.25) is 14.4 Å². The minimum absolute atomic E-state index is 0.122. The Kier molecular flexibility index (Phi) is 5.61. The highest BCUT2D eigenvalue weighted by molar-refractivity contribution is 6.30. The van der Waals surface area contributed by atoms with E-state index in [1.54, 1.807) is 48.5 Å². The Morgan fingerprint density at radius 2 is 1.96 bits per heavy atom. The van der Waals surface area contributed by atoms with E-state index < -0.39 is 11.8 Å². The van der Waals surface area contributed by atoms with Gasteiger partial charge in [-0.25, -0.2) is 0 Å².